The van der Waals surface area contributed by atoms with Crippen LogP contribution in [0.2, 0.25) is 5.02 Å². The fourth-order valence-electron chi connectivity index (χ4n) is 5.05. The first-order valence-electron chi connectivity index (χ1n) is 12.8. The van der Waals surface area contributed by atoms with Crippen molar-refractivity contribution in [3.8, 4) is 0 Å². The summed E-state index contributed by atoms with van der Waals surface area (Å²) in [7, 11) is 0. The van der Waals surface area contributed by atoms with E-state index in [9.17, 15) is 30.0 Å². The number of halogens is 1. The van der Waals surface area contributed by atoms with Gasteiger partial charge in [-0.1, -0.05) is 37.4 Å². The summed E-state index contributed by atoms with van der Waals surface area (Å²) in [4.78, 5) is 25.1. The molecule has 5 N–H and O–H groups in total. The molecule has 37 heavy (non-hydrogen) atoms. The van der Waals surface area contributed by atoms with Gasteiger partial charge in [-0.15, -0.1) is 11.8 Å². The minimum atomic E-state index is -1.55. The average molecular weight is 560 g/mol. The van der Waals surface area contributed by atoms with E-state index < -0.39 is 48.0 Å². The van der Waals surface area contributed by atoms with Crippen molar-refractivity contribution >= 4 is 35.2 Å². The van der Waals surface area contributed by atoms with Gasteiger partial charge in [-0.2, -0.15) is 0 Å². The molecule has 3 rings (SSSR count). The quantitative estimate of drug-likeness (QED) is 0.203. The van der Waals surface area contributed by atoms with E-state index in [1.54, 1.807) is 18.2 Å². The number of aliphatic hydroxyl groups excluding tert-OH is 4. The second kappa shape index (κ2) is 14.1. The molecule has 1 amide bonds. The molecule has 1 heterocycles. The number of hydrogen-bond acceptors (Lipinski definition) is 9. The summed E-state index contributed by atoms with van der Waals surface area (Å²) in [5.74, 6) is -0.193. The Morgan fingerprint density at radius 2 is 1.97 bits per heavy atom. The molecule has 0 radical (unpaired) electrons. The number of carbonyl (C=O) groups excluding carboxylic acids is 2. The van der Waals surface area contributed by atoms with E-state index in [1.165, 1.54) is 13.0 Å². The number of carbonyl (C=O) groups is 2. The van der Waals surface area contributed by atoms with Gasteiger partial charge in [-0.3, -0.25) is 4.79 Å². The second-order valence-corrected chi connectivity index (χ2v) is 11.5. The lowest BCUT2D eigenvalue weighted by Gasteiger charge is -2.44. The number of ether oxygens (including phenoxy) is 2. The zero-order valence-corrected chi connectivity index (χ0v) is 22.7. The first kappa shape index (κ1) is 30.1. The monoisotopic (exact) mass is 559 g/mol. The average Bonchev–Trinajstić information content (AvgIpc) is 3.34. The maximum absolute atomic E-state index is 13.0. The van der Waals surface area contributed by atoms with Crippen LogP contribution in [0.25, 0.3) is 0 Å². The molecule has 2 aliphatic rings. The highest BCUT2D eigenvalue weighted by Crippen LogP contribution is 2.35. The number of amides is 1. The van der Waals surface area contributed by atoms with Gasteiger partial charge in [0.1, 0.15) is 36.5 Å². The highest BCUT2D eigenvalue weighted by molar-refractivity contribution is 7.99. The van der Waals surface area contributed by atoms with Gasteiger partial charge >= 0.3 is 5.97 Å². The summed E-state index contributed by atoms with van der Waals surface area (Å²) in [5.41, 5.74) is -0.671. The molecule has 2 fully saturated rings. The van der Waals surface area contributed by atoms with Crippen LogP contribution in [-0.4, -0.2) is 86.7 Å². The Bertz CT molecular complexity index is 905. The van der Waals surface area contributed by atoms with Gasteiger partial charge in [0.15, 0.2) is 0 Å². The topological polar surface area (TPSA) is 146 Å². The third kappa shape index (κ3) is 8.05. The second-order valence-electron chi connectivity index (χ2n) is 9.90. The van der Waals surface area contributed by atoms with E-state index in [2.05, 4.69) is 12.2 Å². The maximum Gasteiger partial charge on any atom is 0.338 e. The molecule has 1 aliphatic carbocycles. The van der Waals surface area contributed by atoms with Crippen molar-refractivity contribution in [3.63, 3.8) is 0 Å². The zero-order chi connectivity index (χ0) is 27.1. The number of hydrogen-bond donors (Lipinski definition) is 5. The summed E-state index contributed by atoms with van der Waals surface area (Å²) < 4.78 is 11.1. The highest BCUT2D eigenvalue weighted by atomic mass is 35.5. The molecule has 9 nitrogen and oxygen atoms in total. The van der Waals surface area contributed by atoms with Gasteiger partial charge in [0, 0.05) is 16.7 Å². The van der Waals surface area contributed by atoms with Crippen molar-refractivity contribution in [1.82, 2.24) is 5.32 Å². The third-order valence-corrected chi connectivity index (χ3v) is 8.41. The first-order chi connectivity index (χ1) is 17.6. The van der Waals surface area contributed by atoms with Crippen molar-refractivity contribution in [2.45, 2.75) is 87.9 Å². The predicted molar refractivity (Wildman–Crippen MR) is 140 cm³/mol. The number of thioether (sulfide) groups is 1. The molecule has 1 saturated heterocycles. The maximum atomic E-state index is 13.0. The van der Waals surface area contributed by atoms with Crippen molar-refractivity contribution in [2.75, 3.05) is 12.4 Å². The van der Waals surface area contributed by atoms with Gasteiger partial charge in [-0.25, -0.2) is 4.79 Å². The Balaban J connectivity index is 1.57. The Morgan fingerprint density at radius 1 is 1.22 bits per heavy atom. The predicted octanol–water partition coefficient (Wildman–Crippen LogP) is 2.12. The molecule has 11 heteroatoms. The number of rotatable bonds is 11. The van der Waals surface area contributed by atoms with Gasteiger partial charge < -0.3 is 35.2 Å². The van der Waals surface area contributed by atoms with E-state index in [-0.39, 0.29) is 24.2 Å². The lowest BCUT2D eigenvalue weighted by molar-refractivity contribution is -0.211. The minimum Gasteiger partial charge on any atom is -0.461 e. The SMILES string of the molecule is CCC[C@H]1CC[C@H](C(=O)N[C@@H]([C@H]2O[C@H](SCCOC(=O)c3cccc(Cl)c3)[C@H](O)[C@@H](O)[C@H]2O)[C@@H](C)O)C1. The van der Waals surface area contributed by atoms with Crippen LogP contribution >= 0.6 is 23.4 Å². The fraction of sp³-hybridized carbons (Fsp3) is 0.692. The van der Waals surface area contributed by atoms with E-state index in [4.69, 9.17) is 21.1 Å². The zero-order valence-electron chi connectivity index (χ0n) is 21.2. The standard InChI is InChI=1S/C26H38ClNO8S/c1-3-5-15-8-9-16(12-15)24(33)28-19(14(2)29)23-21(31)20(30)22(32)26(36-23)37-11-10-35-25(34)17-6-4-7-18(27)13-17/h4,6-7,13-16,19-23,26,29-32H,3,5,8-12H2,1-2H3,(H,28,33)/t14-,15+,16+,19-,20+,21-,22-,23-,26-/m1/s1. The summed E-state index contributed by atoms with van der Waals surface area (Å²) >= 11 is 6.99. The molecule has 1 aliphatic heterocycles. The summed E-state index contributed by atoms with van der Waals surface area (Å²) in [6.07, 6.45) is -2.05. The van der Waals surface area contributed by atoms with Crippen molar-refractivity contribution in [1.29, 1.82) is 0 Å². The van der Waals surface area contributed by atoms with Gasteiger partial charge in [0.2, 0.25) is 5.91 Å². The molecule has 1 aromatic carbocycles. The first-order valence-corrected chi connectivity index (χ1v) is 14.3. The van der Waals surface area contributed by atoms with E-state index in [0.29, 0.717) is 16.5 Å². The van der Waals surface area contributed by atoms with Crippen LogP contribution in [0, 0.1) is 11.8 Å². The lowest BCUT2D eigenvalue weighted by atomic mass is 9.91. The van der Waals surface area contributed by atoms with Crippen molar-refractivity contribution in [2.24, 2.45) is 11.8 Å². The minimum absolute atomic E-state index is 0.00306. The molecule has 1 saturated carbocycles. The van der Waals surface area contributed by atoms with E-state index in [0.717, 1.165) is 43.9 Å². The van der Waals surface area contributed by atoms with Crippen LogP contribution in [0.4, 0.5) is 0 Å². The molecule has 208 valence electrons. The molecule has 0 spiro atoms. The number of esters is 1. The van der Waals surface area contributed by atoms with E-state index >= 15 is 0 Å². The highest BCUT2D eigenvalue weighted by Gasteiger charge is 2.48. The number of nitrogens with one attached hydrogen (secondary N) is 1. The van der Waals surface area contributed by atoms with Crippen LogP contribution in [0.1, 0.15) is 56.3 Å². The summed E-state index contributed by atoms with van der Waals surface area (Å²) in [6.45, 7) is 3.60. The lowest BCUT2D eigenvalue weighted by Crippen LogP contribution is -2.65. The molecule has 9 atom stereocenters. The Kier molecular flexibility index (Phi) is 11.5. The molecular formula is C26H38ClNO8S. The van der Waals surface area contributed by atoms with E-state index in [1.807, 2.05) is 0 Å². The largest absolute Gasteiger partial charge is 0.461 e. The van der Waals surface area contributed by atoms with Crippen molar-refractivity contribution < 1.29 is 39.5 Å². The number of aliphatic hydroxyl groups is 4. The smallest absolute Gasteiger partial charge is 0.338 e. The Labute approximate surface area is 226 Å². The third-order valence-electron chi connectivity index (χ3n) is 7.06. The van der Waals surface area contributed by atoms with Gasteiger partial charge in [0.05, 0.1) is 17.7 Å². The van der Waals surface area contributed by atoms with Crippen molar-refractivity contribution in [3.05, 3.63) is 34.9 Å². The van der Waals surface area contributed by atoms with Gasteiger partial charge in [-0.05, 0) is 50.3 Å². The normalized spacial score (nSPS) is 31.5. The van der Waals surface area contributed by atoms with Crippen LogP contribution in [0.3, 0.4) is 0 Å². The summed E-state index contributed by atoms with van der Waals surface area (Å²) in [5, 5.41) is 45.3. The van der Waals surface area contributed by atoms with Crippen LogP contribution < -0.4 is 5.32 Å². The fourth-order valence-corrected chi connectivity index (χ4v) is 6.22. The summed E-state index contributed by atoms with van der Waals surface area (Å²) in [6, 6.07) is 5.37. The Morgan fingerprint density at radius 3 is 2.65 bits per heavy atom. The van der Waals surface area contributed by atoms with Gasteiger partial charge in [0.25, 0.3) is 0 Å². The molecular weight excluding hydrogens is 522 g/mol. The molecule has 0 unspecified atom stereocenters. The van der Waals surface area contributed by atoms with Crippen LogP contribution in [0.15, 0.2) is 24.3 Å². The number of benzene rings is 1. The Hall–Kier alpha value is -1.40. The molecule has 0 aromatic heterocycles. The molecule has 0 bridgehead atoms. The van der Waals surface area contributed by atoms with Crippen LogP contribution in [-0.2, 0) is 14.3 Å². The molecule has 1 aromatic rings. The van der Waals surface area contributed by atoms with Crippen LogP contribution in [0.5, 0.6) is 0 Å².